The normalized spacial score (nSPS) is 27.1. The van der Waals surface area contributed by atoms with Crippen LogP contribution in [0.3, 0.4) is 0 Å². The monoisotopic (exact) mass is 553 g/mol. The molecule has 0 unspecified atom stereocenters. The van der Waals surface area contributed by atoms with Crippen molar-refractivity contribution in [2.24, 2.45) is 5.92 Å². The van der Waals surface area contributed by atoms with Gasteiger partial charge in [0.2, 0.25) is 5.91 Å². The molecule has 39 heavy (non-hydrogen) atoms. The van der Waals surface area contributed by atoms with Crippen LogP contribution in [0.2, 0.25) is 18.6 Å². The molecule has 11 heteroatoms. The van der Waals surface area contributed by atoms with Crippen LogP contribution in [-0.4, -0.2) is 70.8 Å². The highest BCUT2D eigenvalue weighted by Gasteiger charge is 2.66. The average molecular weight is 554 g/mol. The Morgan fingerprint density at radius 3 is 2.77 bits per heavy atom. The molecule has 210 valence electrons. The zero-order chi connectivity index (χ0) is 27.9. The third kappa shape index (κ3) is 4.75. The van der Waals surface area contributed by atoms with E-state index in [9.17, 15) is 19.5 Å². The predicted octanol–water partition coefficient (Wildman–Crippen LogP) is 2.75. The summed E-state index contributed by atoms with van der Waals surface area (Å²) in [5, 5.41) is 17.5. The third-order valence-corrected chi connectivity index (χ3v) is 11.0. The molecule has 3 aliphatic rings. The van der Waals surface area contributed by atoms with Gasteiger partial charge in [0.05, 0.1) is 17.5 Å². The average Bonchev–Trinajstić information content (AvgIpc) is 3.53. The van der Waals surface area contributed by atoms with Crippen LogP contribution in [0.25, 0.3) is 0 Å². The first-order valence-corrected chi connectivity index (χ1v) is 16.9. The summed E-state index contributed by atoms with van der Waals surface area (Å²) in [4.78, 5) is 42.0. The van der Waals surface area contributed by atoms with E-state index in [2.05, 4.69) is 16.9 Å². The van der Waals surface area contributed by atoms with Crippen molar-refractivity contribution >= 4 is 31.5 Å². The van der Waals surface area contributed by atoms with Crippen LogP contribution in [-0.2, 0) is 32.9 Å². The molecule has 0 bridgehead atoms. The first-order valence-electron chi connectivity index (χ1n) is 13.9. The van der Waals surface area contributed by atoms with E-state index in [1.165, 1.54) is 0 Å². The van der Waals surface area contributed by atoms with Crippen molar-refractivity contribution < 1.29 is 24.2 Å². The largest absolute Gasteiger partial charge is 0.432 e. The Morgan fingerprint density at radius 1 is 1.28 bits per heavy atom. The summed E-state index contributed by atoms with van der Waals surface area (Å²) in [5.41, 5.74) is 1.54. The SMILES string of the molecule is C=CCN1C(=O)[C@]2(O[C@H](CCn3cc(CCO)nn3)[C@@H]([Si](C)(C)O)[C@@H]2C)c2cc(N3CCCCC3=O)ccc21. The van der Waals surface area contributed by atoms with Gasteiger partial charge in [-0.15, -0.1) is 11.7 Å². The van der Waals surface area contributed by atoms with Crippen molar-refractivity contribution in [3.8, 4) is 0 Å². The van der Waals surface area contributed by atoms with Gasteiger partial charge in [-0.3, -0.25) is 14.3 Å². The Hall–Kier alpha value is -2.86. The lowest BCUT2D eigenvalue weighted by Gasteiger charge is -2.33. The number of aliphatic hydroxyl groups is 1. The standard InChI is InChI=1S/C28H39N5O5Si/c1-5-13-33-23-10-9-21(32-14-7-6-8-25(32)35)17-22(23)28(27(33)36)19(2)26(39(3,4)37)24(38-28)11-15-31-18-20(12-16-34)29-30-31/h5,9-10,17-19,24,26,34,37H,1,6-8,11-16H2,2-4H3/t19-,24+,26-,28+/m0/s1. The number of aryl methyl sites for hydroxylation is 1. The van der Waals surface area contributed by atoms with E-state index in [0.29, 0.717) is 44.6 Å². The number of carbonyl (C=O) groups is 2. The summed E-state index contributed by atoms with van der Waals surface area (Å²) in [6.45, 7) is 11.2. The minimum Gasteiger partial charge on any atom is -0.432 e. The maximum Gasteiger partial charge on any atom is 0.264 e. The quantitative estimate of drug-likeness (QED) is 0.362. The van der Waals surface area contributed by atoms with E-state index < -0.39 is 13.9 Å². The molecule has 4 atom stereocenters. The summed E-state index contributed by atoms with van der Waals surface area (Å²) >= 11 is 0. The molecule has 2 fully saturated rings. The molecule has 1 spiro atoms. The number of fused-ring (bicyclic) bond motifs is 2. The number of hydrogen-bond acceptors (Lipinski definition) is 7. The molecule has 3 aliphatic heterocycles. The number of hydrogen-bond donors (Lipinski definition) is 2. The van der Waals surface area contributed by atoms with Crippen molar-refractivity contribution in [1.29, 1.82) is 0 Å². The second kappa shape index (κ2) is 10.6. The van der Waals surface area contributed by atoms with Gasteiger partial charge < -0.3 is 24.4 Å². The number of anilines is 2. The smallest absolute Gasteiger partial charge is 0.264 e. The number of benzene rings is 1. The Morgan fingerprint density at radius 2 is 2.08 bits per heavy atom. The summed E-state index contributed by atoms with van der Waals surface area (Å²) in [6.07, 6.45) is 6.48. The van der Waals surface area contributed by atoms with Gasteiger partial charge in [0.25, 0.3) is 5.91 Å². The number of amides is 2. The van der Waals surface area contributed by atoms with Crippen molar-refractivity contribution in [3.63, 3.8) is 0 Å². The van der Waals surface area contributed by atoms with E-state index in [1.54, 1.807) is 15.7 Å². The molecule has 0 radical (unpaired) electrons. The zero-order valence-corrected chi connectivity index (χ0v) is 24.0. The first-order chi connectivity index (χ1) is 18.6. The van der Waals surface area contributed by atoms with Crippen molar-refractivity contribution in [2.45, 2.75) is 75.9 Å². The highest BCUT2D eigenvalue weighted by Crippen LogP contribution is 2.60. The highest BCUT2D eigenvalue weighted by atomic mass is 28.4. The van der Waals surface area contributed by atoms with E-state index in [0.717, 1.165) is 29.8 Å². The number of aromatic nitrogens is 3. The molecule has 4 heterocycles. The Kier molecular flexibility index (Phi) is 7.53. The molecule has 2 saturated heterocycles. The summed E-state index contributed by atoms with van der Waals surface area (Å²) in [6, 6.07) is 5.79. The number of rotatable bonds is 9. The maximum atomic E-state index is 14.3. The molecule has 5 rings (SSSR count). The van der Waals surface area contributed by atoms with E-state index in [1.807, 2.05) is 49.3 Å². The Balaban J connectivity index is 1.53. The van der Waals surface area contributed by atoms with Crippen molar-refractivity contribution in [3.05, 3.63) is 48.3 Å². The maximum absolute atomic E-state index is 14.3. The van der Waals surface area contributed by atoms with Crippen molar-refractivity contribution in [1.82, 2.24) is 15.0 Å². The van der Waals surface area contributed by atoms with Gasteiger partial charge in [0.1, 0.15) is 0 Å². The molecule has 10 nitrogen and oxygen atoms in total. The lowest BCUT2D eigenvalue weighted by atomic mass is 9.82. The van der Waals surface area contributed by atoms with E-state index in [-0.39, 0.29) is 36.0 Å². The van der Waals surface area contributed by atoms with Gasteiger partial charge in [-0.05, 0) is 50.6 Å². The second-order valence-corrected chi connectivity index (χ2v) is 15.5. The van der Waals surface area contributed by atoms with Gasteiger partial charge in [-0.25, -0.2) is 0 Å². The van der Waals surface area contributed by atoms with E-state index in [4.69, 9.17) is 4.74 Å². The summed E-state index contributed by atoms with van der Waals surface area (Å²) in [5.74, 6) is -0.344. The fraction of sp³-hybridized carbons (Fsp3) is 0.571. The molecular weight excluding hydrogens is 514 g/mol. The number of carbonyl (C=O) groups excluding carboxylic acids is 2. The Labute approximate surface area is 230 Å². The van der Waals surface area contributed by atoms with Gasteiger partial charge in [-0.1, -0.05) is 18.2 Å². The molecule has 1 aromatic heterocycles. The molecular formula is C28H39N5O5Si. The number of aliphatic hydroxyl groups excluding tert-OH is 1. The molecule has 0 saturated carbocycles. The van der Waals surface area contributed by atoms with Crippen LogP contribution < -0.4 is 9.80 Å². The van der Waals surface area contributed by atoms with E-state index >= 15 is 0 Å². The van der Waals surface area contributed by atoms with Gasteiger partial charge >= 0.3 is 0 Å². The van der Waals surface area contributed by atoms with Crippen molar-refractivity contribution in [2.75, 3.05) is 29.5 Å². The highest BCUT2D eigenvalue weighted by molar-refractivity contribution is 6.71. The minimum atomic E-state index is -2.80. The third-order valence-electron chi connectivity index (χ3n) is 8.51. The van der Waals surface area contributed by atoms with Crippen LogP contribution in [0.1, 0.15) is 43.9 Å². The van der Waals surface area contributed by atoms with Crippen LogP contribution in [0.4, 0.5) is 11.4 Å². The lowest BCUT2D eigenvalue weighted by molar-refractivity contribution is -0.145. The number of piperidine rings is 1. The second-order valence-electron chi connectivity index (χ2n) is 11.5. The lowest BCUT2D eigenvalue weighted by Crippen LogP contribution is -2.46. The topological polar surface area (TPSA) is 121 Å². The fourth-order valence-corrected chi connectivity index (χ4v) is 9.43. The Bertz CT molecular complexity index is 1260. The first kappa shape index (κ1) is 27.7. The van der Waals surface area contributed by atoms with Gasteiger partial charge in [0.15, 0.2) is 13.9 Å². The molecule has 0 aliphatic carbocycles. The summed E-state index contributed by atoms with van der Waals surface area (Å²) in [7, 11) is -2.80. The predicted molar refractivity (Wildman–Crippen MR) is 150 cm³/mol. The molecule has 2 N–H and O–H groups in total. The van der Waals surface area contributed by atoms with Gasteiger partial charge in [-0.2, -0.15) is 0 Å². The number of nitrogens with zero attached hydrogens (tertiary/aromatic N) is 5. The fourth-order valence-electron chi connectivity index (χ4n) is 6.83. The molecule has 1 aromatic carbocycles. The van der Waals surface area contributed by atoms with Gasteiger partial charge in [0, 0.05) is 68.0 Å². The molecule has 2 amide bonds. The minimum absolute atomic E-state index is 0.00455. The number of ether oxygens (including phenoxy) is 1. The zero-order valence-electron chi connectivity index (χ0n) is 23.0. The van der Waals surface area contributed by atoms with Crippen LogP contribution in [0.5, 0.6) is 0 Å². The van der Waals surface area contributed by atoms with Crippen LogP contribution in [0.15, 0.2) is 37.1 Å². The molecule has 2 aromatic rings. The van der Waals surface area contributed by atoms with Crippen LogP contribution in [0, 0.1) is 5.92 Å². The summed E-state index contributed by atoms with van der Waals surface area (Å²) < 4.78 is 8.59. The van der Waals surface area contributed by atoms with Crippen LogP contribution >= 0.6 is 0 Å².